The molecule has 0 spiro atoms. The van der Waals surface area contributed by atoms with Gasteiger partial charge in [0.15, 0.2) is 0 Å². The van der Waals surface area contributed by atoms with Crippen LogP contribution in [0.4, 0.5) is 0 Å². The van der Waals surface area contributed by atoms with Crippen LogP contribution in [0.2, 0.25) is 0 Å². The van der Waals surface area contributed by atoms with E-state index in [9.17, 15) is 0 Å². The fourth-order valence-electron chi connectivity index (χ4n) is 8.11. The molecule has 0 aliphatic carbocycles. The third-order valence-electron chi connectivity index (χ3n) is 10.2. The van der Waals surface area contributed by atoms with Gasteiger partial charge < -0.3 is 0 Å². The molecule has 48 heavy (non-hydrogen) atoms. The molecule has 0 aliphatic heterocycles. The van der Waals surface area contributed by atoms with Crippen molar-refractivity contribution in [2.45, 2.75) is 0 Å². The predicted octanol–water partition coefficient (Wildman–Crippen LogP) is 13.6. The Balaban J connectivity index is 1.34. The van der Waals surface area contributed by atoms with Gasteiger partial charge in [0.25, 0.3) is 0 Å². The molecule has 0 heterocycles. The van der Waals surface area contributed by atoms with Gasteiger partial charge >= 0.3 is 0 Å². The summed E-state index contributed by atoms with van der Waals surface area (Å²) in [6, 6.07) is 67.1. The maximum absolute atomic E-state index is 2.44. The molecule has 0 bridgehead atoms. The summed E-state index contributed by atoms with van der Waals surface area (Å²) in [4.78, 5) is 0. The lowest BCUT2D eigenvalue weighted by Gasteiger charge is -2.20. The summed E-state index contributed by atoms with van der Waals surface area (Å²) >= 11 is 0. The number of rotatable bonds is 3. The van der Waals surface area contributed by atoms with Crippen molar-refractivity contribution in [3.63, 3.8) is 0 Å². The van der Waals surface area contributed by atoms with E-state index >= 15 is 0 Å². The van der Waals surface area contributed by atoms with Crippen molar-refractivity contribution in [3.05, 3.63) is 182 Å². The first kappa shape index (κ1) is 26.9. The van der Waals surface area contributed by atoms with Crippen molar-refractivity contribution < 1.29 is 0 Å². The SMILES string of the molecule is c1ccc(-c2c3ccccc3c(-c3ccc4c5ccccc5c5ccccc5c4c3)c3ccc(-c4cccc5ccccc45)cc23)cc1. The van der Waals surface area contributed by atoms with Gasteiger partial charge in [0.1, 0.15) is 0 Å². The first-order valence-electron chi connectivity index (χ1n) is 16.7. The minimum atomic E-state index is 1.23. The van der Waals surface area contributed by atoms with Gasteiger partial charge in [-0.3, -0.25) is 0 Å². The van der Waals surface area contributed by atoms with Crippen molar-refractivity contribution in [3.8, 4) is 33.4 Å². The minimum absolute atomic E-state index is 1.23. The molecule has 0 amide bonds. The topological polar surface area (TPSA) is 0 Å². The molecule has 0 fully saturated rings. The average Bonchev–Trinajstić information content (AvgIpc) is 3.16. The van der Waals surface area contributed by atoms with E-state index < -0.39 is 0 Å². The average molecular weight is 607 g/mol. The fourth-order valence-corrected chi connectivity index (χ4v) is 8.11. The smallest absolute Gasteiger partial charge is 0.00261 e. The summed E-state index contributed by atoms with van der Waals surface area (Å²) in [5, 5.41) is 15.4. The van der Waals surface area contributed by atoms with Gasteiger partial charge in [-0.2, -0.15) is 0 Å². The Bertz CT molecular complexity index is 2840. The largest absolute Gasteiger partial charge is 0.0622 e. The molecular weight excluding hydrogens is 577 g/mol. The van der Waals surface area contributed by atoms with Gasteiger partial charge in [-0.05, 0) is 110 Å². The minimum Gasteiger partial charge on any atom is -0.0622 e. The van der Waals surface area contributed by atoms with E-state index in [0.29, 0.717) is 0 Å². The third-order valence-corrected chi connectivity index (χ3v) is 10.2. The van der Waals surface area contributed by atoms with Gasteiger partial charge in [-0.25, -0.2) is 0 Å². The molecule has 10 aromatic carbocycles. The molecular formula is C48H30. The zero-order chi connectivity index (χ0) is 31.6. The van der Waals surface area contributed by atoms with Crippen molar-refractivity contribution in [2.75, 3.05) is 0 Å². The van der Waals surface area contributed by atoms with Crippen LogP contribution >= 0.6 is 0 Å². The highest BCUT2D eigenvalue weighted by Gasteiger charge is 2.19. The van der Waals surface area contributed by atoms with E-state index in [2.05, 4.69) is 182 Å². The molecule has 0 atom stereocenters. The van der Waals surface area contributed by atoms with Gasteiger partial charge in [0.2, 0.25) is 0 Å². The van der Waals surface area contributed by atoms with E-state index in [-0.39, 0.29) is 0 Å². The maximum Gasteiger partial charge on any atom is -0.00261 e. The van der Waals surface area contributed by atoms with Crippen LogP contribution in [0, 0.1) is 0 Å². The van der Waals surface area contributed by atoms with Gasteiger partial charge in [0, 0.05) is 0 Å². The zero-order valence-corrected chi connectivity index (χ0v) is 26.3. The maximum atomic E-state index is 2.44. The number of fused-ring (bicyclic) bond motifs is 9. The highest BCUT2D eigenvalue weighted by atomic mass is 14.2. The Morgan fingerprint density at radius 1 is 0.208 bits per heavy atom. The molecule has 0 nitrogen and oxygen atoms in total. The first-order chi connectivity index (χ1) is 23.8. The van der Waals surface area contributed by atoms with Crippen molar-refractivity contribution in [1.82, 2.24) is 0 Å². The van der Waals surface area contributed by atoms with E-state index in [1.807, 2.05) is 0 Å². The van der Waals surface area contributed by atoms with E-state index in [0.717, 1.165) is 0 Å². The zero-order valence-electron chi connectivity index (χ0n) is 26.3. The van der Waals surface area contributed by atoms with Gasteiger partial charge in [0.05, 0.1) is 0 Å². The number of benzene rings is 10. The summed E-state index contributed by atoms with van der Waals surface area (Å²) in [7, 11) is 0. The Kier molecular flexibility index (Phi) is 5.98. The summed E-state index contributed by atoms with van der Waals surface area (Å²) in [5.41, 5.74) is 7.52. The first-order valence-corrected chi connectivity index (χ1v) is 16.7. The molecule has 10 aromatic rings. The quantitative estimate of drug-likeness (QED) is 0.139. The lowest BCUT2D eigenvalue weighted by Crippen LogP contribution is -1.92. The van der Waals surface area contributed by atoms with Gasteiger partial charge in [-0.15, -0.1) is 0 Å². The predicted molar refractivity (Wildman–Crippen MR) is 208 cm³/mol. The number of hydrogen-bond acceptors (Lipinski definition) is 0. The summed E-state index contributed by atoms with van der Waals surface area (Å²) in [5.74, 6) is 0. The monoisotopic (exact) mass is 606 g/mol. The Morgan fingerprint density at radius 3 is 1.33 bits per heavy atom. The summed E-state index contributed by atoms with van der Waals surface area (Å²) in [6.45, 7) is 0. The third kappa shape index (κ3) is 4.03. The van der Waals surface area contributed by atoms with Crippen LogP contribution in [0.15, 0.2) is 182 Å². The fraction of sp³-hybridized carbons (Fsp3) is 0. The van der Waals surface area contributed by atoms with Crippen molar-refractivity contribution >= 4 is 64.6 Å². The Hall–Kier alpha value is -6.24. The molecule has 10 rings (SSSR count). The van der Waals surface area contributed by atoms with Crippen LogP contribution in [0.5, 0.6) is 0 Å². The molecule has 0 unspecified atom stereocenters. The molecule has 0 aliphatic rings. The molecule has 0 saturated heterocycles. The van der Waals surface area contributed by atoms with Crippen LogP contribution in [0.1, 0.15) is 0 Å². The molecule has 0 N–H and O–H groups in total. The highest BCUT2D eigenvalue weighted by Crippen LogP contribution is 2.46. The summed E-state index contributed by atoms with van der Waals surface area (Å²) < 4.78 is 0. The second kappa shape index (κ2) is 10.7. The van der Waals surface area contributed by atoms with E-state index in [1.165, 1.54) is 98.0 Å². The standard InChI is InChI=1S/C48H30/c1-2-14-32(15-3-1)47-42-22-10-11-23-43(42)48(44-28-25-33(29-46(44)47)36-24-12-16-31-13-4-5-17-35(31)36)34-26-27-41-39-20-7-6-18-37(39)38-19-8-9-21-40(38)45(41)30-34/h1-30H. The van der Waals surface area contributed by atoms with Crippen molar-refractivity contribution in [1.29, 1.82) is 0 Å². The number of hydrogen-bond donors (Lipinski definition) is 0. The lowest BCUT2D eigenvalue weighted by molar-refractivity contribution is 1.65. The molecule has 222 valence electrons. The van der Waals surface area contributed by atoms with E-state index in [4.69, 9.17) is 0 Å². The Morgan fingerprint density at radius 2 is 0.646 bits per heavy atom. The Labute approximate surface area is 279 Å². The van der Waals surface area contributed by atoms with E-state index in [1.54, 1.807) is 0 Å². The molecule has 0 aromatic heterocycles. The van der Waals surface area contributed by atoms with Crippen molar-refractivity contribution in [2.24, 2.45) is 0 Å². The molecule has 0 heteroatoms. The van der Waals surface area contributed by atoms with Gasteiger partial charge in [-0.1, -0.05) is 170 Å². The van der Waals surface area contributed by atoms with Crippen LogP contribution in [-0.2, 0) is 0 Å². The van der Waals surface area contributed by atoms with Crippen LogP contribution in [-0.4, -0.2) is 0 Å². The van der Waals surface area contributed by atoms with Crippen LogP contribution in [0.3, 0.4) is 0 Å². The lowest BCUT2D eigenvalue weighted by atomic mass is 9.83. The highest BCUT2D eigenvalue weighted by molar-refractivity contribution is 6.27. The second-order valence-corrected chi connectivity index (χ2v) is 12.8. The van der Waals surface area contributed by atoms with Crippen LogP contribution < -0.4 is 0 Å². The second-order valence-electron chi connectivity index (χ2n) is 12.8. The normalized spacial score (nSPS) is 11.8. The molecule has 0 radical (unpaired) electrons. The summed E-state index contributed by atoms with van der Waals surface area (Å²) in [6.07, 6.45) is 0. The van der Waals surface area contributed by atoms with Crippen LogP contribution in [0.25, 0.3) is 98.0 Å². The molecule has 0 saturated carbocycles.